The van der Waals surface area contributed by atoms with Crippen LogP contribution in [0.3, 0.4) is 0 Å². The summed E-state index contributed by atoms with van der Waals surface area (Å²) in [4.78, 5) is 0. The lowest BCUT2D eigenvalue weighted by Gasteiger charge is -2.25. The molecule has 1 aliphatic heterocycles. The monoisotopic (exact) mass is 454 g/mol. The second kappa shape index (κ2) is 7.39. The highest BCUT2D eigenvalue weighted by Gasteiger charge is 2.22. The third-order valence-corrected chi connectivity index (χ3v) is 12.2. The maximum absolute atomic E-state index is 6.36. The zero-order valence-electron chi connectivity index (χ0n) is 17.4. The Morgan fingerprint density at radius 2 is 1.22 bits per heavy atom. The fraction of sp³-hybridized carbons (Fsp3) is 0.0714. The summed E-state index contributed by atoms with van der Waals surface area (Å²) in [6, 6.07) is 35.0. The van der Waals surface area contributed by atoms with Gasteiger partial charge in [0.15, 0.2) is 0 Å². The van der Waals surface area contributed by atoms with Gasteiger partial charge in [-0.1, -0.05) is 60.7 Å². The summed E-state index contributed by atoms with van der Waals surface area (Å²) < 4.78 is 6.36. The Hall–Kier alpha value is -2.77. The van der Waals surface area contributed by atoms with E-state index in [-0.39, 0.29) is 6.10 Å². The maximum Gasteiger partial charge on any atom is 0.203 e. The second-order valence-electron chi connectivity index (χ2n) is 8.51. The maximum atomic E-state index is 6.36. The lowest BCUT2D eigenvalue weighted by atomic mass is 9.90. The van der Waals surface area contributed by atoms with Crippen molar-refractivity contribution in [2.75, 3.05) is 0 Å². The Balaban J connectivity index is 1.59. The fourth-order valence-electron chi connectivity index (χ4n) is 5.18. The summed E-state index contributed by atoms with van der Waals surface area (Å²) in [5.41, 5.74) is 1.39. The van der Waals surface area contributed by atoms with Gasteiger partial charge < -0.3 is 4.43 Å². The number of rotatable bonds is 1. The van der Waals surface area contributed by atoms with Crippen LogP contribution in [-0.4, -0.2) is 26.9 Å². The molecule has 148 valence electrons. The van der Waals surface area contributed by atoms with Gasteiger partial charge in [-0.2, -0.15) is 0 Å². The minimum atomic E-state index is 0.211. The van der Waals surface area contributed by atoms with Crippen molar-refractivity contribution in [3.8, 4) is 0 Å². The van der Waals surface area contributed by atoms with Gasteiger partial charge in [0.05, 0.1) is 6.10 Å². The molecule has 1 nitrogen and oxygen atoms in total. The molecule has 1 atom stereocenters. The Labute approximate surface area is 193 Å². The van der Waals surface area contributed by atoms with Crippen molar-refractivity contribution in [2.24, 2.45) is 0 Å². The van der Waals surface area contributed by atoms with Crippen LogP contribution in [0, 0.1) is 0 Å². The lowest BCUT2D eigenvalue weighted by molar-refractivity contribution is 0.248. The highest BCUT2D eigenvalue weighted by Crippen LogP contribution is 2.40. The van der Waals surface area contributed by atoms with Gasteiger partial charge in [0.25, 0.3) is 0 Å². The molecule has 0 saturated carbocycles. The van der Waals surface area contributed by atoms with Gasteiger partial charge in [0.1, 0.15) is 0 Å². The van der Waals surface area contributed by atoms with Crippen LogP contribution in [0.5, 0.6) is 0 Å². The molecule has 32 heavy (non-hydrogen) atoms. The van der Waals surface area contributed by atoms with Crippen molar-refractivity contribution in [1.29, 1.82) is 0 Å². The molecule has 1 saturated heterocycles. The second-order valence-corrected chi connectivity index (χ2v) is 14.6. The molecule has 0 bridgehead atoms. The first kappa shape index (κ1) is 18.8. The van der Waals surface area contributed by atoms with Gasteiger partial charge in [-0.25, -0.2) is 0 Å². The number of hydrogen-bond acceptors (Lipinski definition) is 1. The largest absolute Gasteiger partial charge is 0.416 e. The molecule has 0 spiro atoms. The van der Waals surface area contributed by atoms with Crippen LogP contribution in [0.2, 0.25) is 6.04 Å². The van der Waals surface area contributed by atoms with Crippen LogP contribution in [0.15, 0.2) is 91.0 Å². The first-order valence-corrected chi connectivity index (χ1v) is 16.1. The summed E-state index contributed by atoms with van der Waals surface area (Å²) in [6.45, 7) is 0. The summed E-state index contributed by atoms with van der Waals surface area (Å²) >= 11 is 0. The predicted octanol–water partition coefficient (Wildman–Crippen LogP) is 6.80. The Morgan fingerprint density at radius 3 is 2.00 bits per heavy atom. The molecular formula is C28H18OSi3. The molecule has 0 N–H and O–H groups in total. The van der Waals surface area contributed by atoms with E-state index < -0.39 is 0 Å². The van der Waals surface area contributed by atoms with Crippen molar-refractivity contribution in [3.63, 3.8) is 0 Å². The van der Waals surface area contributed by atoms with Gasteiger partial charge >= 0.3 is 0 Å². The molecule has 0 aliphatic carbocycles. The molecule has 1 heterocycles. The number of hydrogen-bond donors (Lipinski definition) is 0. The fourth-order valence-corrected chi connectivity index (χ4v) is 10.2. The lowest BCUT2D eigenvalue weighted by Crippen LogP contribution is -2.27. The van der Waals surface area contributed by atoms with Crippen LogP contribution >= 0.6 is 0 Å². The minimum Gasteiger partial charge on any atom is -0.416 e. The average Bonchev–Trinajstić information content (AvgIpc) is 2.85. The van der Waals surface area contributed by atoms with Gasteiger partial charge in [-0.3, -0.25) is 0 Å². The zero-order chi connectivity index (χ0) is 21.1. The van der Waals surface area contributed by atoms with Crippen LogP contribution < -0.4 is 0 Å². The Kier molecular flexibility index (Phi) is 4.33. The molecule has 6 aromatic carbocycles. The number of benzene rings is 6. The summed E-state index contributed by atoms with van der Waals surface area (Å²) in [5.74, 6) is 0. The van der Waals surface area contributed by atoms with Crippen LogP contribution in [0.25, 0.3) is 53.9 Å². The Bertz CT molecular complexity index is 1670. The van der Waals surface area contributed by atoms with E-state index in [1.165, 1.54) is 59.4 Å². The molecule has 1 unspecified atom stereocenters. The van der Waals surface area contributed by atoms with E-state index in [1.807, 2.05) is 0 Å². The van der Waals surface area contributed by atoms with Crippen molar-refractivity contribution >= 4 is 80.7 Å². The summed E-state index contributed by atoms with van der Waals surface area (Å²) in [6.07, 6.45) is 0.211. The molecule has 6 aromatic rings. The summed E-state index contributed by atoms with van der Waals surface area (Å²) in [7, 11) is 2.66. The standard InChI is InChI=1S/C28H18OSi3/c1-2-6-18-12-22-15-25-20(13-21(22)11-17(18)5-1)9-10-24-26(25)14-19-7-3-4-8-23(19)28(24)27-16-30-32-31-29-27/h1-15,27H,16H2. The van der Waals surface area contributed by atoms with E-state index in [9.17, 15) is 0 Å². The van der Waals surface area contributed by atoms with Crippen molar-refractivity contribution in [2.45, 2.75) is 12.1 Å². The van der Waals surface area contributed by atoms with Crippen LogP contribution in [0.4, 0.5) is 0 Å². The third-order valence-electron chi connectivity index (χ3n) is 6.67. The topological polar surface area (TPSA) is 9.23 Å². The first-order chi connectivity index (χ1) is 15.8. The first-order valence-electron chi connectivity index (χ1n) is 10.9. The normalized spacial score (nSPS) is 17.1. The SMILES string of the molecule is c1ccc2cc3cc4c(ccc5c(C6C[Si][Si][Si]O6)c6ccccc6cc54)cc3cc2c1. The minimum absolute atomic E-state index is 0.211. The van der Waals surface area contributed by atoms with E-state index >= 15 is 0 Å². The molecule has 6 radical (unpaired) electrons. The highest BCUT2D eigenvalue weighted by atomic mass is 29.5. The molecule has 4 heteroatoms. The van der Waals surface area contributed by atoms with E-state index in [0.29, 0.717) is 9.28 Å². The molecule has 7 rings (SSSR count). The predicted molar refractivity (Wildman–Crippen MR) is 140 cm³/mol. The quantitative estimate of drug-likeness (QED) is 0.151. The van der Waals surface area contributed by atoms with Crippen molar-refractivity contribution < 1.29 is 4.43 Å². The summed E-state index contributed by atoms with van der Waals surface area (Å²) in [5, 5.41) is 13.2. The van der Waals surface area contributed by atoms with E-state index in [0.717, 1.165) is 23.6 Å². The zero-order valence-corrected chi connectivity index (χ0v) is 20.4. The van der Waals surface area contributed by atoms with Gasteiger partial charge in [0.2, 0.25) is 9.28 Å². The molecule has 0 aromatic heterocycles. The highest BCUT2D eigenvalue weighted by molar-refractivity contribution is 7.28. The van der Waals surface area contributed by atoms with Crippen LogP contribution in [-0.2, 0) is 4.43 Å². The van der Waals surface area contributed by atoms with E-state index in [1.54, 1.807) is 0 Å². The number of fused-ring (bicyclic) bond motifs is 6. The Morgan fingerprint density at radius 1 is 0.562 bits per heavy atom. The average molecular weight is 455 g/mol. The third kappa shape index (κ3) is 2.91. The van der Waals surface area contributed by atoms with Gasteiger partial charge in [-0.05, 0) is 95.8 Å². The van der Waals surface area contributed by atoms with Gasteiger partial charge in [-0.15, -0.1) is 0 Å². The molecular weight excluding hydrogens is 437 g/mol. The molecule has 1 fully saturated rings. The smallest absolute Gasteiger partial charge is 0.203 e. The molecule has 1 aliphatic rings. The van der Waals surface area contributed by atoms with Gasteiger partial charge in [0, 0.05) is 17.6 Å². The molecule has 0 amide bonds. The van der Waals surface area contributed by atoms with E-state index in [4.69, 9.17) is 4.43 Å². The van der Waals surface area contributed by atoms with Crippen molar-refractivity contribution in [1.82, 2.24) is 0 Å². The van der Waals surface area contributed by atoms with Crippen LogP contribution in [0.1, 0.15) is 11.7 Å². The van der Waals surface area contributed by atoms with E-state index in [2.05, 4.69) is 91.0 Å². The van der Waals surface area contributed by atoms with Crippen molar-refractivity contribution in [3.05, 3.63) is 96.6 Å².